The molecule has 2 aromatic rings. The van der Waals surface area contributed by atoms with Crippen molar-refractivity contribution in [1.82, 2.24) is 4.90 Å². The van der Waals surface area contributed by atoms with Gasteiger partial charge in [-0.2, -0.15) is 0 Å². The topological polar surface area (TPSA) is 57.6 Å². The van der Waals surface area contributed by atoms with Crippen LogP contribution >= 0.6 is 22.9 Å². The molecule has 1 saturated heterocycles. The molecule has 4 nitrogen and oxygen atoms in total. The Bertz CT molecular complexity index is 742. The minimum atomic E-state index is -1.06. The highest BCUT2D eigenvalue weighted by Gasteiger charge is 2.49. The Morgan fingerprint density at radius 2 is 2.24 bits per heavy atom. The van der Waals surface area contributed by atoms with Gasteiger partial charge in [0, 0.05) is 16.3 Å². The van der Waals surface area contributed by atoms with E-state index in [1.807, 2.05) is 23.6 Å². The van der Waals surface area contributed by atoms with Crippen LogP contribution in [0, 0.1) is 0 Å². The number of benzene rings is 1. The van der Waals surface area contributed by atoms with E-state index in [1.54, 1.807) is 18.3 Å². The minimum Gasteiger partial charge on any atom is -0.480 e. The number of carboxylic acid groups (broad SMARTS) is 1. The molecule has 2 heterocycles. The number of likely N-dealkylation sites (tertiary alicyclic amines) is 1. The van der Waals surface area contributed by atoms with Gasteiger partial charge in [0.1, 0.15) is 5.54 Å². The van der Waals surface area contributed by atoms with E-state index in [-0.39, 0.29) is 12.3 Å². The number of rotatable bonds is 3. The number of hydrogen-bond acceptors (Lipinski definition) is 3. The van der Waals surface area contributed by atoms with Gasteiger partial charge in [-0.15, -0.1) is 11.3 Å². The van der Waals surface area contributed by atoms with Crippen molar-refractivity contribution >= 4 is 44.9 Å². The van der Waals surface area contributed by atoms with Crippen molar-refractivity contribution in [3.8, 4) is 0 Å². The second-order valence-electron chi connectivity index (χ2n) is 5.45. The van der Waals surface area contributed by atoms with Crippen molar-refractivity contribution in [2.24, 2.45) is 0 Å². The molecule has 21 heavy (non-hydrogen) atoms. The zero-order valence-electron chi connectivity index (χ0n) is 11.4. The van der Waals surface area contributed by atoms with Crippen LogP contribution in [0.25, 0.3) is 10.1 Å². The molecule has 1 unspecified atom stereocenters. The summed E-state index contributed by atoms with van der Waals surface area (Å²) in [6.07, 6.45) is 0.716. The first-order valence-corrected chi connectivity index (χ1v) is 7.87. The summed E-state index contributed by atoms with van der Waals surface area (Å²) in [6, 6.07) is 5.60. The molecule has 110 valence electrons. The average molecular weight is 324 g/mol. The van der Waals surface area contributed by atoms with Crippen LogP contribution in [0.1, 0.15) is 18.9 Å². The van der Waals surface area contributed by atoms with Crippen LogP contribution in [0.15, 0.2) is 23.6 Å². The summed E-state index contributed by atoms with van der Waals surface area (Å²) in [6.45, 7) is 2.10. The molecule has 3 rings (SSSR count). The number of fused-ring (bicyclic) bond motifs is 1. The molecule has 1 fully saturated rings. The Balaban J connectivity index is 1.84. The lowest BCUT2D eigenvalue weighted by atomic mass is 9.86. The normalized spacial score (nSPS) is 21.3. The van der Waals surface area contributed by atoms with E-state index in [4.69, 9.17) is 11.6 Å². The van der Waals surface area contributed by atoms with Gasteiger partial charge in [-0.3, -0.25) is 4.79 Å². The second-order valence-corrected chi connectivity index (χ2v) is 6.80. The number of thiophene rings is 1. The number of halogens is 1. The van der Waals surface area contributed by atoms with Crippen molar-refractivity contribution in [2.75, 3.05) is 6.54 Å². The molecule has 0 spiro atoms. The third-order valence-corrected chi connectivity index (χ3v) is 5.38. The Morgan fingerprint density at radius 3 is 2.86 bits per heavy atom. The van der Waals surface area contributed by atoms with Crippen LogP contribution in [0.5, 0.6) is 0 Å². The predicted octanol–water partition coefficient (Wildman–Crippen LogP) is 3.17. The number of aliphatic carboxylic acids is 1. The van der Waals surface area contributed by atoms with E-state index < -0.39 is 11.5 Å². The maximum Gasteiger partial charge on any atom is 0.329 e. The summed E-state index contributed by atoms with van der Waals surface area (Å²) in [5.41, 5.74) is -0.150. The second kappa shape index (κ2) is 5.00. The highest BCUT2D eigenvalue weighted by Crippen LogP contribution is 2.33. The Morgan fingerprint density at radius 1 is 1.48 bits per heavy atom. The van der Waals surface area contributed by atoms with Crippen LogP contribution in [0.3, 0.4) is 0 Å². The first-order valence-electron chi connectivity index (χ1n) is 6.61. The summed E-state index contributed by atoms with van der Waals surface area (Å²) in [5, 5.41) is 12.8. The Kier molecular flexibility index (Phi) is 3.42. The van der Waals surface area contributed by atoms with Gasteiger partial charge in [0.05, 0.1) is 6.42 Å². The van der Waals surface area contributed by atoms with Crippen LogP contribution < -0.4 is 0 Å². The minimum absolute atomic E-state index is 0.147. The molecule has 1 aromatic heterocycles. The molecule has 1 aromatic carbocycles. The van der Waals surface area contributed by atoms with Crippen molar-refractivity contribution in [2.45, 2.75) is 25.3 Å². The van der Waals surface area contributed by atoms with Gasteiger partial charge < -0.3 is 10.0 Å². The quantitative estimate of drug-likeness (QED) is 0.943. The van der Waals surface area contributed by atoms with Gasteiger partial charge in [0.15, 0.2) is 0 Å². The van der Waals surface area contributed by atoms with Gasteiger partial charge in [-0.05, 0) is 47.9 Å². The maximum atomic E-state index is 12.4. The van der Waals surface area contributed by atoms with Gasteiger partial charge in [-0.25, -0.2) is 4.79 Å². The largest absolute Gasteiger partial charge is 0.480 e. The zero-order valence-corrected chi connectivity index (χ0v) is 13.0. The molecule has 0 aliphatic carbocycles. The van der Waals surface area contributed by atoms with Gasteiger partial charge in [-0.1, -0.05) is 11.6 Å². The van der Waals surface area contributed by atoms with Gasteiger partial charge >= 0.3 is 5.97 Å². The average Bonchev–Trinajstić information content (AvgIpc) is 2.78. The number of carbonyl (C=O) groups is 2. The molecular weight excluding hydrogens is 310 g/mol. The smallest absolute Gasteiger partial charge is 0.329 e. The zero-order chi connectivity index (χ0) is 15.2. The monoisotopic (exact) mass is 323 g/mol. The molecule has 1 N–H and O–H groups in total. The third-order valence-electron chi connectivity index (χ3n) is 4.14. The third kappa shape index (κ3) is 2.30. The van der Waals surface area contributed by atoms with Gasteiger partial charge in [0.25, 0.3) is 0 Å². The first-order chi connectivity index (χ1) is 9.91. The van der Waals surface area contributed by atoms with E-state index in [0.29, 0.717) is 18.0 Å². The lowest BCUT2D eigenvalue weighted by molar-refractivity contribution is -0.168. The molecule has 1 atom stereocenters. The van der Waals surface area contributed by atoms with Crippen molar-refractivity contribution in [1.29, 1.82) is 0 Å². The Hall–Kier alpha value is -1.59. The van der Waals surface area contributed by atoms with E-state index in [9.17, 15) is 14.7 Å². The first kappa shape index (κ1) is 14.4. The fraction of sp³-hybridized carbons (Fsp3) is 0.333. The molecule has 0 bridgehead atoms. The fourth-order valence-electron chi connectivity index (χ4n) is 2.63. The molecule has 0 radical (unpaired) electrons. The van der Waals surface area contributed by atoms with E-state index in [0.717, 1.165) is 15.6 Å². The van der Waals surface area contributed by atoms with Crippen LogP contribution in [-0.2, 0) is 16.0 Å². The van der Waals surface area contributed by atoms with Gasteiger partial charge in [0.2, 0.25) is 5.91 Å². The lowest BCUT2D eigenvalue weighted by Gasteiger charge is -2.47. The number of carbonyl (C=O) groups excluding carboxylic acids is 1. The highest BCUT2D eigenvalue weighted by atomic mass is 35.5. The Labute approximate surface area is 130 Å². The summed E-state index contributed by atoms with van der Waals surface area (Å²) in [5.74, 6) is -1.09. The van der Waals surface area contributed by atoms with E-state index in [1.165, 1.54) is 4.90 Å². The summed E-state index contributed by atoms with van der Waals surface area (Å²) < 4.78 is 1.08. The molecule has 1 amide bonds. The maximum absolute atomic E-state index is 12.4. The molecule has 0 saturated carbocycles. The molecular formula is C15H14ClNO3S. The summed E-state index contributed by atoms with van der Waals surface area (Å²) in [7, 11) is 0. The van der Waals surface area contributed by atoms with Crippen molar-refractivity contribution < 1.29 is 14.7 Å². The summed E-state index contributed by atoms with van der Waals surface area (Å²) >= 11 is 7.57. The number of carboxylic acids is 1. The SMILES string of the molecule is CC1(C(=O)O)CCN1C(=O)Cc1csc2ccc(Cl)cc12. The number of nitrogens with zero attached hydrogens (tertiary/aromatic N) is 1. The van der Waals surface area contributed by atoms with Crippen molar-refractivity contribution in [3.63, 3.8) is 0 Å². The van der Waals surface area contributed by atoms with Crippen LogP contribution in [0.2, 0.25) is 5.02 Å². The predicted molar refractivity (Wildman–Crippen MR) is 82.9 cm³/mol. The van der Waals surface area contributed by atoms with Crippen LogP contribution in [0.4, 0.5) is 0 Å². The number of hydrogen-bond donors (Lipinski definition) is 1. The lowest BCUT2D eigenvalue weighted by Crippen LogP contribution is -2.64. The van der Waals surface area contributed by atoms with Crippen molar-refractivity contribution in [3.05, 3.63) is 34.2 Å². The molecule has 1 aliphatic rings. The molecule has 6 heteroatoms. The summed E-state index contributed by atoms with van der Waals surface area (Å²) in [4.78, 5) is 25.1. The number of amides is 1. The van der Waals surface area contributed by atoms with Crippen LogP contribution in [-0.4, -0.2) is 34.0 Å². The van der Waals surface area contributed by atoms with E-state index in [2.05, 4.69) is 0 Å². The van der Waals surface area contributed by atoms with E-state index >= 15 is 0 Å². The standard InChI is InChI=1S/C15H14ClNO3S/c1-15(14(19)20)4-5-17(15)13(18)6-9-8-21-12-3-2-10(16)7-11(9)12/h2-3,7-8H,4-6H2,1H3,(H,19,20). The molecule has 1 aliphatic heterocycles. The fourth-order valence-corrected chi connectivity index (χ4v) is 3.75. The highest BCUT2D eigenvalue weighted by molar-refractivity contribution is 7.17.